The van der Waals surface area contributed by atoms with Gasteiger partial charge in [0.2, 0.25) is 0 Å². The molecule has 0 aromatic rings. The summed E-state index contributed by atoms with van der Waals surface area (Å²) in [5, 5.41) is 0. The van der Waals surface area contributed by atoms with Gasteiger partial charge in [-0.3, -0.25) is 14.4 Å². The van der Waals surface area contributed by atoms with Crippen molar-refractivity contribution in [1.82, 2.24) is 0 Å². The predicted octanol–water partition coefficient (Wildman–Crippen LogP) is 18.9. The number of unbranched alkanes of at least 4 members (excludes halogenated alkanes) is 35. The molecule has 2 unspecified atom stereocenters. The van der Waals surface area contributed by atoms with Crippen LogP contribution in [0.3, 0.4) is 0 Å². The van der Waals surface area contributed by atoms with E-state index >= 15 is 0 Å². The zero-order chi connectivity index (χ0) is 46.8. The van der Waals surface area contributed by atoms with E-state index < -0.39 is 6.10 Å². The maximum Gasteiger partial charge on any atom is 0.306 e. The second kappa shape index (κ2) is 50.8. The Morgan fingerprint density at radius 3 is 0.812 bits per heavy atom. The van der Waals surface area contributed by atoms with Crippen molar-refractivity contribution in [2.24, 2.45) is 11.8 Å². The molecule has 0 N–H and O–H groups in total. The monoisotopic (exact) mass is 905 g/mol. The number of ether oxygens (including phenoxy) is 3. The fourth-order valence-corrected chi connectivity index (χ4v) is 8.81. The molecule has 0 fully saturated rings. The van der Waals surface area contributed by atoms with Crippen molar-refractivity contribution in [2.45, 2.75) is 330 Å². The van der Waals surface area contributed by atoms with Gasteiger partial charge in [-0.25, -0.2) is 0 Å². The molecule has 0 rings (SSSR count). The highest BCUT2D eigenvalue weighted by Crippen LogP contribution is 2.19. The van der Waals surface area contributed by atoms with Gasteiger partial charge in [-0.05, 0) is 31.1 Å². The number of hydrogen-bond acceptors (Lipinski definition) is 6. The highest BCUT2D eigenvalue weighted by atomic mass is 16.6. The molecular weight excluding hydrogens is 793 g/mol. The molecule has 0 bridgehead atoms. The summed E-state index contributed by atoms with van der Waals surface area (Å²) in [6, 6.07) is 0. The van der Waals surface area contributed by atoms with E-state index in [0.29, 0.717) is 19.3 Å². The van der Waals surface area contributed by atoms with Gasteiger partial charge in [0.25, 0.3) is 0 Å². The van der Waals surface area contributed by atoms with Gasteiger partial charge in [-0.2, -0.15) is 0 Å². The molecule has 0 saturated heterocycles. The SMILES string of the molecule is CCCCCCCCCCCCC(=O)OC[C@H](COC(=O)CCCCCCCCCCCCCCCCCCCCC(C)CC)OC(=O)CCCCCCCCCCCCC(C)CC. The lowest BCUT2D eigenvalue weighted by Gasteiger charge is -2.18. The Hall–Kier alpha value is -1.59. The Bertz CT molecular complexity index is 982. The lowest BCUT2D eigenvalue weighted by molar-refractivity contribution is -0.167. The molecule has 6 heteroatoms. The number of hydrogen-bond donors (Lipinski definition) is 0. The number of esters is 3. The predicted molar refractivity (Wildman–Crippen MR) is 275 cm³/mol. The molecule has 380 valence electrons. The van der Waals surface area contributed by atoms with E-state index in [-0.39, 0.29) is 31.1 Å². The van der Waals surface area contributed by atoms with Crippen molar-refractivity contribution in [1.29, 1.82) is 0 Å². The number of carbonyl (C=O) groups is 3. The zero-order valence-electron chi connectivity index (χ0n) is 43.9. The third-order valence-corrected chi connectivity index (χ3v) is 13.9. The number of rotatable bonds is 52. The topological polar surface area (TPSA) is 78.9 Å². The molecule has 0 aliphatic carbocycles. The molecule has 0 aromatic carbocycles. The van der Waals surface area contributed by atoms with Crippen LogP contribution in [-0.4, -0.2) is 37.2 Å². The average Bonchev–Trinajstić information content (AvgIpc) is 3.29. The van der Waals surface area contributed by atoms with Crippen molar-refractivity contribution >= 4 is 17.9 Å². The van der Waals surface area contributed by atoms with Gasteiger partial charge in [0, 0.05) is 19.3 Å². The van der Waals surface area contributed by atoms with Crippen LogP contribution in [0.2, 0.25) is 0 Å². The Morgan fingerprint density at radius 1 is 0.312 bits per heavy atom. The molecular formula is C58H112O6. The van der Waals surface area contributed by atoms with Crippen LogP contribution < -0.4 is 0 Å². The standard InChI is InChI=1S/C58H112O6/c1-6-9-10-11-12-13-28-33-38-43-48-56(59)62-51-55(64-58(61)50-45-40-35-30-25-24-27-32-37-42-47-54(5)8-3)52-63-57(60)49-44-39-34-29-23-21-19-17-15-14-16-18-20-22-26-31-36-41-46-53(4)7-2/h53-55H,6-52H2,1-5H3/t53?,54?,55-/m1/s1. The fraction of sp³-hybridized carbons (Fsp3) is 0.948. The first kappa shape index (κ1) is 62.4. The van der Waals surface area contributed by atoms with Gasteiger partial charge >= 0.3 is 17.9 Å². The molecule has 0 amide bonds. The minimum atomic E-state index is -0.762. The van der Waals surface area contributed by atoms with Crippen LogP contribution in [0, 0.1) is 11.8 Å². The highest BCUT2D eigenvalue weighted by Gasteiger charge is 2.19. The van der Waals surface area contributed by atoms with E-state index in [9.17, 15) is 14.4 Å². The van der Waals surface area contributed by atoms with E-state index in [4.69, 9.17) is 14.2 Å². The summed E-state index contributed by atoms with van der Waals surface area (Å²) < 4.78 is 16.8. The van der Waals surface area contributed by atoms with E-state index in [2.05, 4.69) is 34.6 Å². The fourth-order valence-electron chi connectivity index (χ4n) is 8.81. The number of carbonyl (C=O) groups excluding carboxylic acids is 3. The Morgan fingerprint density at radius 2 is 0.547 bits per heavy atom. The summed E-state index contributed by atoms with van der Waals surface area (Å²) in [6.07, 6.45) is 53.7. The second-order valence-electron chi connectivity index (χ2n) is 20.4. The van der Waals surface area contributed by atoms with Gasteiger partial charge in [-0.1, -0.05) is 285 Å². The van der Waals surface area contributed by atoms with E-state index in [1.807, 2.05) is 0 Å². The summed E-state index contributed by atoms with van der Waals surface area (Å²) in [4.78, 5) is 38.0. The third-order valence-electron chi connectivity index (χ3n) is 13.9. The van der Waals surface area contributed by atoms with E-state index in [1.54, 1.807) is 0 Å². The summed E-state index contributed by atoms with van der Waals surface area (Å²) in [5.74, 6) is 0.934. The molecule has 0 aliphatic rings. The first-order valence-corrected chi connectivity index (χ1v) is 28.8. The first-order valence-electron chi connectivity index (χ1n) is 28.8. The van der Waals surface area contributed by atoms with Crippen LogP contribution in [0.1, 0.15) is 324 Å². The van der Waals surface area contributed by atoms with Gasteiger partial charge in [0.15, 0.2) is 6.10 Å². The van der Waals surface area contributed by atoms with Crippen LogP contribution in [0.4, 0.5) is 0 Å². The first-order chi connectivity index (χ1) is 31.3. The minimum absolute atomic E-state index is 0.0630. The zero-order valence-corrected chi connectivity index (χ0v) is 43.9. The van der Waals surface area contributed by atoms with Gasteiger partial charge in [0.1, 0.15) is 13.2 Å². The van der Waals surface area contributed by atoms with Crippen LogP contribution in [0.15, 0.2) is 0 Å². The van der Waals surface area contributed by atoms with Gasteiger partial charge in [0.05, 0.1) is 0 Å². The molecule has 0 heterocycles. The smallest absolute Gasteiger partial charge is 0.306 e. The average molecular weight is 906 g/mol. The Labute approximate surface area is 399 Å². The second-order valence-corrected chi connectivity index (χ2v) is 20.4. The molecule has 0 aliphatic heterocycles. The summed E-state index contributed by atoms with van der Waals surface area (Å²) in [5.41, 5.74) is 0. The van der Waals surface area contributed by atoms with Crippen molar-refractivity contribution in [3.8, 4) is 0 Å². The molecule has 0 spiro atoms. The maximum atomic E-state index is 12.8. The van der Waals surface area contributed by atoms with Crippen LogP contribution in [-0.2, 0) is 28.6 Å². The van der Waals surface area contributed by atoms with Crippen LogP contribution in [0.25, 0.3) is 0 Å². The molecule has 0 radical (unpaired) electrons. The van der Waals surface area contributed by atoms with Crippen molar-refractivity contribution < 1.29 is 28.6 Å². The maximum absolute atomic E-state index is 12.8. The normalized spacial score (nSPS) is 12.9. The quantitative estimate of drug-likeness (QED) is 0.0344. The van der Waals surface area contributed by atoms with Crippen LogP contribution >= 0.6 is 0 Å². The lowest BCUT2D eigenvalue weighted by atomic mass is 9.99. The molecule has 0 aromatic heterocycles. The van der Waals surface area contributed by atoms with Crippen molar-refractivity contribution in [2.75, 3.05) is 13.2 Å². The largest absolute Gasteiger partial charge is 0.462 e. The summed E-state index contributed by atoms with van der Waals surface area (Å²) in [7, 11) is 0. The highest BCUT2D eigenvalue weighted by molar-refractivity contribution is 5.71. The van der Waals surface area contributed by atoms with Gasteiger partial charge < -0.3 is 14.2 Å². The van der Waals surface area contributed by atoms with E-state index in [0.717, 1.165) is 69.6 Å². The van der Waals surface area contributed by atoms with Crippen molar-refractivity contribution in [3.05, 3.63) is 0 Å². The molecule has 64 heavy (non-hydrogen) atoms. The van der Waals surface area contributed by atoms with Gasteiger partial charge in [-0.15, -0.1) is 0 Å². The van der Waals surface area contributed by atoms with Crippen molar-refractivity contribution in [3.63, 3.8) is 0 Å². The molecule has 3 atom stereocenters. The Balaban J connectivity index is 4.20. The summed E-state index contributed by atoms with van der Waals surface area (Å²) in [6.45, 7) is 11.5. The minimum Gasteiger partial charge on any atom is -0.462 e. The van der Waals surface area contributed by atoms with E-state index in [1.165, 1.54) is 212 Å². The Kier molecular flexibility index (Phi) is 49.6. The molecule has 6 nitrogen and oxygen atoms in total. The summed E-state index contributed by atoms with van der Waals surface area (Å²) >= 11 is 0. The van der Waals surface area contributed by atoms with Crippen LogP contribution in [0.5, 0.6) is 0 Å². The molecule has 0 saturated carbocycles. The lowest BCUT2D eigenvalue weighted by Crippen LogP contribution is -2.30. The third kappa shape index (κ3) is 48.3.